The third-order valence-electron chi connectivity index (χ3n) is 2.31. The van der Waals surface area contributed by atoms with E-state index < -0.39 is 11.0 Å². The van der Waals surface area contributed by atoms with E-state index in [2.05, 4.69) is 5.32 Å². The quantitative estimate of drug-likeness (QED) is 0.592. The van der Waals surface area contributed by atoms with E-state index in [4.69, 9.17) is 16.3 Å². The molecule has 19 heavy (non-hydrogen) atoms. The minimum absolute atomic E-state index is 0.0256. The van der Waals surface area contributed by atoms with Gasteiger partial charge in [-0.05, 0) is 12.1 Å². The molecule has 0 fully saturated rings. The molecular weight excluding hydrogens is 272 g/mol. The summed E-state index contributed by atoms with van der Waals surface area (Å²) >= 11 is 5.69. The molecule has 1 aromatic carbocycles. The first kappa shape index (κ1) is 15.7. The van der Waals surface area contributed by atoms with E-state index in [1.807, 2.05) is 13.8 Å². The van der Waals surface area contributed by atoms with Crippen LogP contribution in [0.2, 0.25) is 5.02 Å². The summed E-state index contributed by atoms with van der Waals surface area (Å²) in [6, 6.07) is 4.39. The summed E-state index contributed by atoms with van der Waals surface area (Å²) in [4.78, 5) is 10.3. The molecule has 7 heteroatoms. The lowest BCUT2D eigenvalue weighted by atomic mass is 10.3. The lowest BCUT2D eigenvalue weighted by Gasteiger charge is -2.15. The predicted octanol–water partition coefficient (Wildman–Crippen LogP) is 1.99. The number of nitrogens with zero attached hydrogens (tertiary/aromatic N) is 1. The van der Waals surface area contributed by atoms with E-state index in [0.717, 1.165) is 0 Å². The topological polar surface area (TPSA) is 84.6 Å². The number of nitro groups is 1. The minimum atomic E-state index is -0.738. The summed E-state index contributed by atoms with van der Waals surface area (Å²) in [5.74, 6) is 0.0954. The average Bonchev–Trinajstić information content (AvgIpc) is 2.34. The van der Waals surface area contributed by atoms with Crippen molar-refractivity contribution in [2.75, 3.05) is 13.2 Å². The number of benzene rings is 1. The highest BCUT2D eigenvalue weighted by Gasteiger charge is 2.17. The van der Waals surface area contributed by atoms with Crippen molar-refractivity contribution in [1.82, 2.24) is 5.32 Å². The van der Waals surface area contributed by atoms with Crippen LogP contribution in [0.3, 0.4) is 0 Å². The highest BCUT2D eigenvalue weighted by Crippen LogP contribution is 2.29. The fraction of sp³-hybridized carbons (Fsp3) is 0.500. The first-order chi connectivity index (χ1) is 8.90. The highest BCUT2D eigenvalue weighted by molar-refractivity contribution is 6.30. The molecule has 0 aliphatic heterocycles. The molecule has 1 aromatic rings. The summed E-state index contributed by atoms with van der Waals surface area (Å²) in [5.41, 5.74) is -0.212. The van der Waals surface area contributed by atoms with Crippen molar-refractivity contribution in [3.05, 3.63) is 33.3 Å². The largest absolute Gasteiger partial charge is 0.484 e. The molecule has 1 rings (SSSR count). The molecule has 0 aliphatic carbocycles. The van der Waals surface area contributed by atoms with Crippen molar-refractivity contribution in [3.63, 3.8) is 0 Å². The van der Waals surface area contributed by atoms with Crippen LogP contribution in [-0.2, 0) is 0 Å². The Morgan fingerprint density at radius 3 is 2.79 bits per heavy atom. The molecule has 0 saturated carbocycles. The van der Waals surface area contributed by atoms with Crippen LogP contribution in [0.5, 0.6) is 5.75 Å². The number of rotatable bonds is 7. The minimum Gasteiger partial charge on any atom is -0.484 e. The number of nitrogens with one attached hydrogen (secondary N) is 1. The fourth-order valence-electron chi connectivity index (χ4n) is 1.37. The van der Waals surface area contributed by atoms with Gasteiger partial charge in [0.2, 0.25) is 0 Å². The molecule has 106 valence electrons. The van der Waals surface area contributed by atoms with E-state index >= 15 is 0 Å². The zero-order valence-electron chi connectivity index (χ0n) is 10.8. The van der Waals surface area contributed by atoms with Gasteiger partial charge in [0.05, 0.1) is 4.92 Å². The Morgan fingerprint density at radius 1 is 1.53 bits per heavy atom. The molecule has 0 amide bonds. The maximum atomic E-state index is 10.8. The lowest BCUT2D eigenvalue weighted by molar-refractivity contribution is -0.385. The van der Waals surface area contributed by atoms with Gasteiger partial charge in [-0.15, -0.1) is 0 Å². The zero-order chi connectivity index (χ0) is 14.4. The van der Waals surface area contributed by atoms with Crippen molar-refractivity contribution < 1.29 is 14.8 Å². The summed E-state index contributed by atoms with van der Waals surface area (Å²) in [6.45, 7) is 4.25. The smallest absolute Gasteiger partial charge is 0.312 e. The van der Waals surface area contributed by atoms with Gasteiger partial charge < -0.3 is 15.2 Å². The Balaban J connectivity index is 2.60. The van der Waals surface area contributed by atoms with Gasteiger partial charge in [0, 0.05) is 23.7 Å². The van der Waals surface area contributed by atoms with Crippen LogP contribution in [0.15, 0.2) is 18.2 Å². The third-order valence-corrected chi connectivity index (χ3v) is 2.55. The Labute approximate surface area is 116 Å². The van der Waals surface area contributed by atoms with Crippen LogP contribution in [0.25, 0.3) is 0 Å². The molecule has 2 N–H and O–H groups in total. The van der Waals surface area contributed by atoms with E-state index in [1.165, 1.54) is 18.2 Å². The van der Waals surface area contributed by atoms with Crippen LogP contribution in [-0.4, -0.2) is 35.3 Å². The molecule has 1 atom stereocenters. The zero-order valence-corrected chi connectivity index (χ0v) is 11.6. The number of ether oxygens (including phenoxy) is 1. The molecule has 0 radical (unpaired) electrons. The molecule has 0 heterocycles. The maximum Gasteiger partial charge on any atom is 0.312 e. The van der Waals surface area contributed by atoms with Crippen LogP contribution < -0.4 is 10.1 Å². The monoisotopic (exact) mass is 288 g/mol. The standard InChI is InChI=1S/C12H17ClN2O4/c1-8(2)14-6-10(16)7-19-12-4-3-9(13)5-11(12)15(17)18/h3-5,8,10,14,16H,6-7H2,1-2H3. The normalized spacial score (nSPS) is 12.5. The summed E-state index contributed by atoms with van der Waals surface area (Å²) in [6.07, 6.45) is -0.738. The van der Waals surface area contributed by atoms with Gasteiger partial charge in [0.1, 0.15) is 12.7 Å². The Morgan fingerprint density at radius 2 is 2.21 bits per heavy atom. The second-order valence-corrected chi connectivity index (χ2v) is 4.83. The predicted molar refractivity (Wildman–Crippen MR) is 72.7 cm³/mol. The first-order valence-corrected chi connectivity index (χ1v) is 6.26. The third kappa shape index (κ3) is 5.42. The number of aliphatic hydroxyl groups is 1. The van der Waals surface area contributed by atoms with Gasteiger partial charge >= 0.3 is 5.69 Å². The van der Waals surface area contributed by atoms with Crippen molar-refractivity contribution in [3.8, 4) is 5.75 Å². The number of hydrogen-bond donors (Lipinski definition) is 2. The van der Waals surface area contributed by atoms with Crippen molar-refractivity contribution >= 4 is 17.3 Å². The molecule has 0 saturated heterocycles. The number of nitro benzene ring substituents is 1. The van der Waals surface area contributed by atoms with Gasteiger partial charge in [-0.1, -0.05) is 25.4 Å². The second kappa shape index (κ2) is 7.28. The fourth-order valence-corrected chi connectivity index (χ4v) is 1.54. The number of hydrogen-bond acceptors (Lipinski definition) is 5. The molecule has 1 unspecified atom stereocenters. The summed E-state index contributed by atoms with van der Waals surface area (Å²) in [7, 11) is 0. The summed E-state index contributed by atoms with van der Waals surface area (Å²) in [5, 5.41) is 23.8. The SMILES string of the molecule is CC(C)NCC(O)COc1ccc(Cl)cc1[N+](=O)[O-]. The number of aliphatic hydroxyl groups excluding tert-OH is 1. The Kier molecular flexibility index (Phi) is 6.01. The average molecular weight is 289 g/mol. The van der Waals surface area contributed by atoms with Crippen LogP contribution >= 0.6 is 11.6 Å². The maximum absolute atomic E-state index is 10.8. The van der Waals surface area contributed by atoms with Gasteiger partial charge in [-0.25, -0.2) is 0 Å². The van der Waals surface area contributed by atoms with E-state index in [1.54, 1.807) is 0 Å². The van der Waals surface area contributed by atoms with E-state index in [9.17, 15) is 15.2 Å². The van der Waals surface area contributed by atoms with Crippen LogP contribution in [0.1, 0.15) is 13.8 Å². The number of halogens is 1. The van der Waals surface area contributed by atoms with Gasteiger partial charge in [0.15, 0.2) is 5.75 Å². The van der Waals surface area contributed by atoms with Crippen molar-refractivity contribution in [2.24, 2.45) is 0 Å². The molecule has 0 bridgehead atoms. The van der Waals surface area contributed by atoms with Crippen molar-refractivity contribution in [2.45, 2.75) is 26.0 Å². The van der Waals surface area contributed by atoms with E-state index in [0.29, 0.717) is 6.54 Å². The lowest BCUT2D eigenvalue weighted by Crippen LogP contribution is -2.35. The first-order valence-electron chi connectivity index (χ1n) is 5.88. The highest BCUT2D eigenvalue weighted by atomic mass is 35.5. The Bertz CT molecular complexity index is 440. The molecule has 0 spiro atoms. The Hall–Kier alpha value is -1.37. The van der Waals surface area contributed by atoms with Gasteiger partial charge in [-0.2, -0.15) is 0 Å². The van der Waals surface area contributed by atoms with Gasteiger partial charge in [-0.3, -0.25) is 10.1 Å². The second-order valence-electron chi connectivity index (χ2n) is 4.40. The van der Waals surface area contributed by atoms with Crippen LogP contribution in [0, 0.1) is 10.1 Å². The molecule has 0 aromatic heterocycles. The van der Waals surface area contributed by atoms with Crippen LogP contribution in [0.4, 0.5) is 5.69 Å². The van der Waals surface area contributed by atoms with Crippen molar-refractivity contribution in [1.29, 1.82) is 0 Å². The van der Waals surface area contributed by atoms with E-state index in [-0.39, 0.29) is 29.1 Å². The molecule has 6 nitrogen and oxygen atoms in total. The molecular formula is C12H17ClN2O4. The van der Waals surface area contributed by atoms with Gasteiger partial charge in [0.25, 0.3) is 0 Å². The molecule has 0 aliphatic rings. The summed E-state index contributed by atoms with van der Waals surface area (Å²) < 4.78 is 5.26.